The summed E-state index contributed by atoms with van der Waals surface area (Å²) >= 11 is 1.25. The van der Waals surface area contributed by atoms with Crippen molar-refractivity contribution in [3.63, 3.8) is 0 Å². The molecule has 0 unspecified atom stereocenters. The lowest BCUT2D eigenvalue weighted by Crippen LogP contribution is -2.38. The molecule has 1 aromatic heterocycles. The number of carbonyl (C=O) groups is 1. The third-order valence-electron chi connectivity index (χ3n) is 5.27. The van der Waals surface area contributed by atoms with Crippen molar-refractivity contribution in [2.45, 2.75) is 12.1 Å². The second kappa shape index (κ2) is 10.5. The number of hydrogen-bond acceptors (Lipinski definition) is 9. The van der Waals surface area contributed by atoms with Crippen LogP contribution < -0.4 is 15.0 Å². The van der Waals surface area contributed by atoms with Gasteiger partial charge in [0.2, 0.25) is 11.9 Å². The van der Waals surface area contributed by atoms with Crippen molar-refractivity contribution in [2.75, 3.05) is 49.4 Å². The van der Waals surface area contributed by atoms with Crippen LogP contribution in [0.4, 0.5) is 17.3 Å². The number of anilines is 2. The number of para-hydroxylation sites is 1. The molecule has 1 fully saturated rings. The quantitative estimate of drug-likeness (QED) is 0.292. The molecule has 4 rings (SSSR count). The summed E-state index contributed by atoms with van der Waals surface area (Å²) in [6.07, 6.45) is 0. The number of thioether (sulfide) groups is 1. The average molecular weight is 485 g/mol. The molecule has 1 N–H and O–H groups in total. The highest BCUT2D eigenvalue weighted by Crippen LogP contribution is 2.31. The fourth-order valence-electron chi connectivity index (χ4n) is 3.56. The van der Waals surface area contributed by atoms with Gasteiger partial charge in [0.05, 0.1) is 48.4 Å². The maximum atomic E-state index is 12.7. The number of nitro benzene ring substituents is 1. The maximum Gasteiger partial charge on any atom is 0.273 e. The molecule has 1 amide bonds. The van der Waals surface area contributed by atoms with Gasteiger partial charge in [-0.25, -0.2) is 0 Å². The first-order valence-corrected chi connectivity index (χ1v) is 11.6. The molecule has 0 atom stereocenters. The van der Waals surface area contributed by atoms with E-state index in [0.29, 0.717) is 43.1 Å². The minimum absolute atomic E-state index is 0.0628. The zero-order chi connectivity index (χ0) is 24.1. The predicted molar refractivity (Wildman–Crippen MR) is 128 cm³/mol. The number of methoxy groups -OCH3 is 1. The number of nitrogens with zero attached hydrogens (tertiary/aromatic N) is 5. The molecular weight excluding hydrogens is 460 g/mol. The van der Waals surface area contributed by atoms with Gasteiger partial charge >= 0.3 is 0 Å². The van der Waals surface area contributed by atoms with Crippen LogP contribution in [-0.2, 0) is 9.53 Å². The van der Waals surface area contributed by atoms with E-state index in [1.807, 2.05) is 35.8 Å². The first kappa shape index (κ1) is 23.5. The molecule has 1 aliphatic rings. The van der Waals surface area contributed by atoms with E-state index >= 15 is 0 Å². The predicted octanol–water partition coefficient (Wildman–Crippen LogP) is 3.06. The van der Waals surface area contributed by atoms with E-state index in [1.54, 1.807) is 0 Å². The Morgan fingerprint density at radius 2 is 2.00 bits per heavy atom. The lowest BCUT2D eigenvalue weighted by atomic mass is 10.2. The van der Waals surface area contributed by atoms with Gasteiger partial charge in [-0.2, -0.15) is 0 Å². The molecule has 0 radical (unpaired) electrons. The van der Waals surface area contributed by atoms with E-state index in [0.717, 1.165) is 11.3 Å². The average Bonchev–Trinajstić information content (AvgIpc) is 3.27. The van der Waals surface area contributed by atoms with Crippen LogP contribution in [0.25, 0.3) is 5.69 Å². The van der Waals surface area contributed by atoms with Crippen molar-refractivity contribution in [2.24, 2.45) is 0 Å². The summed E-state index contributed by atoms with van der Waals surface area (Å²) in [5, 5.41) is 23.1. The second-order valence-electron chi connectivity index (χ2n) is 7.48. The molecule has 1 aliphatic heterocycles. The monoisotopic (exact) mass is 484 g/mol. The second-order valence-corrected chi connectivity index (χ2v) is 8.42. The zero-order valence-electron chi connectivity index (χ0n) is 18.8. The molecule has 11 nitrogen and oxygen atoms in total. The fourth-order valence-corrected chi connectivity index (χ4v) is 4.30. The number of non-ortho nitro benzene ring substituents is 1. The number of amides is 1. The van der Waals surface area contributed by atoms with Crippen molar-refractivity contribution in [3.05, 3.63) is 58.1 Å². The first-order valence-electron chi connectivity index (χ1n) is 10.6. The molecule has 12 heteroatoms. The van der Waals surface area contributed by atoms with Gasteiger partial charge < -0.3 is 19.7 Å². The van der Waals surface area contributed by atoms with E-state index in [4.69, 9.17) is 9.47 Å². The first-order chi connectivity index (χ1) is 16.5. The zero-order valence-corrected chi connectivity index (χ0v) is 19.6. The van der Waals surface area contributed by atoms with E-state index in [9.17, 15) is 14.9 Å². The van der Waals surface area contributed by atoms with Gasteiger partial charge in [0, 0.05) is 19.2 Å². The topological polar surface area (TPSA) is 125 Å². The Morgan fingerprint density at radius 3 is 2.71 bits per heavy atom. The highest BCUT2D eigenvalue weighted by molar-refractivity contribution is 7.99. The molecule has 0 aliphatic carbocycles. The Balaban J connectivity index is 1.54. The highest BCUT2D eigenvalue weighted by Gasteiger charge is 2.23. The molecule has 34 heavy (non-hydrogen) atoms. The summed E-state index contributed by atoms with van der Waals surface area (Å²) in [6, 6.07) is 12.0. The minimum Gasteiger partial charge on any atom is -0.494 e. The van der Waals surface area contributed by atoms with Crippen molar-refractivity contribution in [3.8, 4) is 11.4 Å². The summed E-state index contributed by atoms with van der Waals surface area (Å²) < 4.78 is 12.6. The number of rotatable bonds is 8. The van der Waals surface area contributed by atoms with Crippen molar-refractivity contribution < 1.29 is 19.2 Å². The fraction of sp³-hybridized carbons (Fsp3) is 0.318. The Bertz CT molecular complexity index is 1190. The number of ether oxygens (including phenoxy) is 2. The molecule has 2 aromatic carbocycles. The summed E-state index contributed by atoms with van der Waals surface area (Å²) in [4.78, 5) is 25.3. The van der Waals surface area contributed by atoms with Crippen molar-refractivity contribution in [1.29, 1.82) is 0 Å². The van der Waals surface area contributed by atoms with Gasteiger partial charge in [-0.1, -0.05) is 30.0 Å². The van der Waals surface area contributed by atoms with Crippen LogP contribution in [-0.4, -0.2) is 64.8 Å². The molecule has 178 valence electrons. The summed E-state index contributed by atoms with van der Waals surface area (Å²) in [5.41, 5.74) is 2.23. The standard InChI is InChI=1S/C22H24N6O5S/c1-15-5-3-4-6-18(15)27-21(26-9-11-33-12-10-26)24-25-22(27)34-14-20(29)23-17-8-7-16(28(30)31)13-19(17)32-2/h3-8,13H,9-12,14H2,1-2H3,(H,23,29). The molecule has 0 saturated carbocycles. The molecule has 2 heterocycles. The van der Waals surface area contributed by atoms with E-state index in [1.165, 1.54) is 37.1 Å². The minimum atomic E-state index is -0.519. The Morgan fingerprint density at radius 1 is 1.24 bits per heavy atom. The Labute approximate surface area is 200 Å². The number of morpholine rings is 1. The number of carbonyl (C=O) groups excluding carboxylic acids is 1. The van der Waals surface area contributed by atoms with Crippen LogP contribution in [0.2, 0.25) is 0 Å². The Hall–Kier alpha value is -3.64. The number of benzene rings is 2. The van der Waals surface area contributed by atoms with Crippen LogP contribution in [0.1, 0.15) is 5.56 Å². The van der Waals surface area contributed by atoms with Gasteiger partial charge in [-0.15, -0.1) is 10.2 Å². The van der Waals surface area contributed by atoms with E-state index in [2.05, 4.69) is 20.4 Å². The normalized spacial score (nSPS) is 13.5. The van der Waals surface area contributed by atoms with Crippen LogP contribution >= 0.6 is 11.8 Å². The number of nitrogens with one attached hydrogen (secondary N) is 1. The van der Waals surface area contributed by atoms with Crippen LogP contribution in [0.3, 0.4) is 0 Å². The number of aromatic nitrogens is 3. The number of hydrogen-bond donors (Lipinski definition) is 1. The lowest BCUT2D eigenvalue weighted by molar-refractivity contribution is -0.384. The summed E-state index contributed by atoms with van der Waals surface area (Å²) in [7, 11) is 1.39. The van der Waals surface area contributed by atoms with E-state index in [-0.39, 0.29) is 23.1 Å². The van der Waals surface area contributed by atoms with Gasteiger partial charge in [0.15, 0.2) is 5.16 Å². The van der Waals surface area contributed by atoms with Gasteiger partial charge in [-0.05, 0) is 24.6 Å². The van der Waals surface area contributed by atoms with Gasteiger partial charge in [0.25, 0.3) is 5.69 Å². The smallest absolute Gasteiger partial charge is 0.273 e. The van der Waals surface area contributed by atoms with Gasteiger partial charge in [-0.3, -0.25) is 19.5 Å². The Kier molecular flexibility index (Phi) is 7.28. The van der Waals surface area contributed by atoms with Crippen molar-refractivity contribution >= 4 is 35.0 Å². The molecule has 3 aromatic rings. The summed E-state index contributed by atoms with van der Waals surface area (Å²) in [6.45, 7) is 4.65. The third-order valence-corrected chi connectivity index (χ3v) is 6.20. The van der Waals surface area contributed by atoms with Gasteiger partial charge in [0.1, 0.15) is 5.75 Å². The largest absolute Gasteiger partial charge is 0.494 e. The van der Waals surface area contributed by atoms with Crippen LogP contribution in [0.5, 0.6) is 5.75 Å². The highest BCUT2D eigenvalue weighted by atomic mass is 32.2. The summed E-state index contributed by atoms with van der Waals surface area (Å²) in [5.74, 6) is 0.681. The van der Waals surface area contributed by atoms with Crippen molar-refractivity contribution in [1.82, 2.24) is 14.8 Å². The van der Waals surface area contributed by atoms with Crippen LogP contribution in [0.15, 0.2) is 47.6 Å². The number of nitro groups is 1. The maximum absolute atomic E-state index is 12.7. The third kappa shape index (κ3) is 5.13. The SMILES string of the molecule is COc1cc([N+](=O)[O-])ccc1NC(=O)CSc1nnc(N2CCOCC2)n1-c1ccccc1C. The molecule has 1 saturated heterocycles. The van der Waals surface area contributed by atoms with Crippen LogP contribution in [0, 0.1) is 17.0 Å². The molecule has 0 bridgehead atoms. The van der Waals surface area contributed by atoms with E-state index < -0.39 is 4.92 Å². The lowest BCUT2D eigenvalue weighted by Gasteiger charge is -2.28. The number of aryl methyl sites for hydroxylation is 1. The molecule has 0 spiro atoms. The molecular formula is C22H24N6O5S.